The largest absolute Gasteiger partial charge is 0.480 e. The number of piperazine rings is 1. The summed E-state index contributed by atoms with van der Waals surface area (Å²) in [5.41, 5.74) is 0. The average Bonchev–Trinajstić information content (AvgIpc) is 2.28. The molecule has 1 aliphatic rings. The van der Waals surface area contributed by atoms with Crippen molar-refractivity contribution in [1.29, 1.82) is 0 Å². The van der Waals surface area contributed by atoms with Gasteiger partial charge in [-0.15, -0.1) is 0 Å². The third-order valence-electron chi connectivity index (χ3n) is 2.94. The minimum absolute atomic E-state index is 0.369. The number of carboxylic acids is 4. The molecule has 112 valence electrons. The minimum atomic E-state index is -1.33. The highest BCUT2D eigenvalue weighted by atomic mass is 16.4. The molecule has 0 aromatic carbocycles. The summed E-state index contributed by atoms with van der Waals surface area (Å²) in [7, 11) is 0. The predicted molar refractivity (Wildman–Crippen MR) is 61.3 cm³/mol. The number of rotatable bonds is 6. The van der Waals surface area contributed by atoms with Crippen molar-refractivity contribution in [3.63, 3.8) is 0 Å². The molecule has 1 heterocycles. The van der Waals surface area contributed by atoms with Crippen LogP contribution in [0.3, 0.4) is 0 Å². The Labute approximate surface area is 112 Å². The average molecular weight is 290 g/mol. The normalized spacial score (nSPS) is 24.2. The first-order chi connectivity index (χ1) is 9.22. The summed E-state index contributed by atoms with van der Waals surface area (Å²) < 4.78 is 0. The number of hydrogen-bond donors (Lipinski definition) is 4. The molecule has 0 unspecified atom stereocenters. The summed E-state index contributed by atoms with van der Waals surface area (Å²) in [5.74, 6) is -5.23. The molecule has 1 aliphatic heterocycles. The second-order valence-electron chi connectivity index (χ2n) is 4.35. The molecule has 1 rings (SSSR count). The Morgan fingerprint density at radius 3 is 1.25 bits per heavy atom. The fraction of sp³-hybridized carbons (Fsp3) is 0.600. The van der Waals surface area contributed by atoms with Gasteiger partial charge in [0.25, 0.3) is 0 Å². The lowest BCUT2D eigenvalue weighted by Crippen LogP contribution is -2.64. The molecule has 10 nitrogen and oxygen atoms in total. The fourth-order valence-electron chi connectivity index (χ4n) is 2.10. The maximum atomic E-state index is 11.1. The summed E-state index contributed by atoms with van der Waals surface area (Å²) >= 11 is 0. The van der Waals surface area contributed by atoms with Gasteiger partial charge < -0.3 is 20.4 Å². The molecule has 0 saturated carbocycles. The van der Waals surface area contributed by atoms with E-state index in [1.165, 1.54) is 0 Å². The molecule has 20 heavy (non-hydrogen) atoms. The molecule has 0 radical (unpaired) electrons. The molecule has 0 aliphatic carbocycles. The molecule has 0 aromatic rings. The van der Waals surface area contributed by atoms with Crippen LogP contribution in [0, 0.1) is 0 Å². The molecule has 0 spiro atoms. The topological polar surface area (TPSA) is 156 Å². The molecule has 0 bridgehead atoms. The third kappa shape index (κ3) is 3.90. The van der Waals surface area contributed by atoms with Crippen molar-refractivity contribution in [2.45, 2.75) is 12.1 Å². The monoisotopic (exact) mass is 290 g/mol. The van der Waals surface area contributed by atoms with E-state index in [0.717, 1.165) is 9.80 Å². The van der Waals surface area contributed by atoms with Crippen LogP contribution >= 0.6 is 0 Å². The van der Waals surface area contributed by atoms with E-state index in [1.807, 2.05) is 0 Å². The van der Waals surface area contributed by atoms with Crippen LogP contribution in [-0.2, 0) is 19.2 Å². The zero-order valence-electron chi connectivity index (χ0n) is 10.3. The fourth-order valence-corrected chi connectivity index (χ4v) is 2.10. The van der Waals surface area contributed by atoms with Crippen LogP contribution in [-0.4, -0.2) is 92.4 Å². The molecule has 0 amide bonds. The number of carbonyl (C=O) groups is 4. The first-order valence-corrected chi connectivity index (χ1v) is 5.59. The van der Waals surface area contributed by atoms with E-state index in [4.69, 9.17) is 20.4 Å². The van der Waals surface area contributed by atoms with Gasteiger partial charge >= 0.3 is 23.9 Å². The highest BCUT2D eigenvalue weighted by Crippen LogP contribution is 2.16. The highest BCUT2D eigenvalue weighted by molar-refractivity contribution is 5.79. The number of hydrogen-bond acceptors (Lipinski definition) is 6. The quantitative estimate of drug-likeness (QED) is 0.418. The predicted octanol–water partition coefficient (Wildman–Crippen LogP) is -2.32. The number of carboxylic acid groups (broad SMARTS) is 4. The molecule has 10 heteroatoms. The van der Waals surface area contributed by atoms with Gasteiger partial charge in [-0.25, -0.2) is 0 Å². The van der Waals surface area contributed by atoms with Crippen LogP contribution < -0.4 is 0 Å². The zero-order chi connectivity index (χ0) is 15.4. The molecule has 0 aromatic heterocycles. The van der Waals surface area contributed by atoms with Crippen LogP contribution in [0.15, 0.2) is 0 Å². The van der Waals surface area contributed by atoms with Gasteiger partial charge in [-0.1, -0.05) is 0 Å². The van der Waals surface area contributed by atoms with Crippen molar-refractivity contribution >= 4 is 23.9 Å². The van der Waals surface area contributed by atoms with Gasteiger partial charge in [0.1, 0.15) is 12.1 Å². The van der Waals surface area contributed by atoms with Crippen molar-refractivity contribution in [2.75, 3.05) is 26.2 Å². The summed E-state index contributed by atoms with van der Waals surface area (Å²) in [6.45, 7) is -1.99. The van der Waals surface area contributed by atoms with Gasteiger partial charge in [0, 0.05) is 13.1 Å². The van der Waals surface area contributed by atoms with Gasteiger partial charge in [0.05, 0.1) is 13.1 Å². The second kappa shape index (κ2) is 6.30. The van der Waals surface area contributed by atoms with Crippen LogP contribution in [0.1, 0.15) is 0 Å². The molecule has 1 fully saturated rings. The summed E-state index contributed by atoms with van der Waals surface area (Å²) in [6.07, 6.45) is 0. The van der Waals surface area contributed by atoms with Gasteiger partial charge in [0.2, 0.25) is 0 Å². The lowest BCUT2D eigenvalue weighted by atomic mass is 10.1. The van der Waals surface area contributed by atoms with E-state index in [-0.39, 0.29) is 13.1 Å². The first kappa shape index (κ1) is 15.9. The van der Waals surface area contributed by atoms with Crippen LogP contribution in [0.2, 0.25) is 0 Å². The molecular formula is C10H14N2O8. The SMILES string of the molecule is O=C(O)CN1C[C@H](C(=O)O)N(CC(=O)O)C[C@@H]1C(=O)O. The zero-order valence-corrected chi connectivity index (χ0v) is 10.3. The Morgan fingerprint density at radius 1 is 0.750 bits per heavy atom. The Bertz CT molecular complexity index is 397. The molecule has 2 atom stereocenters. The second-order valence-corrected chi connectivity index (χ2v) is 4.35. The van der Waals surface area contributed by atoms with E-state index >= 15 is 0 Å². The molecule has 4 N–H and O–H groups in total. The van der Waals surface area contributed by atoms with E-state index in [9.17, 15) is 19.2 Å². The van der Waals surface area contributed by atoms with Crippen LogP contribution in [0.4, 0.5) is 0 Å². The highest BCUT2D eigenvalue weighted by Gasteiger charge is 2.41. The van der Waals surface area contributed by atoms with Crippen LogP contribution in [0.25, 0.3) is 0 Å². The summed E-state index contributed by atoms with van der Waals surface area (Å²) in [6, 6.07) is -2.53. The molecular weight excluding hydrogens is 276 g/mol. The maximum absolute atomic E-state index is 11.1. The maximum Gasteiger partial charge on any atom is 0.322 e. The lowest BCUT2D eigenvalue weighted by Gasteiger charge is -2.41. The first-order valence-electron chi connectivity index (χ1n) is 5.59. The van der Waals surface area contributed by atoms with Crippen molar-refractivity contribution in [2.24, 2.45) is 0 Å². The van der Waals surface area contributed by atoms with Crippen molar-refractivity contribution in [3.8, 4) is 0 Å². The number of nitrogens with zero attached hydrogens (tertiary/aromatic N) is 2. The Balaban J connectivity index is 2.96. The van der Waals surface area contributed by atoms with Crippen molar-refractivity contribution in [1.82, 2.24) is 9.80 Å². The van der Waals surface area contributed by atoms with E-state index in [0.29, 0.717) is 0 Å². The van der Waals surface area contributed by atoms with E-state index in [1.54, 1.807) is 0 Å². The summed E-state index contributed by atoms with van der Waals surface area (Å²) in [4.78, 5) is 45.6. The summed E-state index contributed by atoms with van der Waals surface area (Å²) in [5, 5.41) is 35.5. The van der Waals surface area contributed by atoms with Gasteiger partial charge in [-0.2, -0.15) is 0 Å². The third-order valence-corrected chi connectivity index (χ3v) is 2.94. The van der Waals surface area contributed by atoms with Gasteiger partial charge in [-0.05, 0) is 0 Å². The van der Waals surface area contributed by atoms with E-state index < -0.39 is 49.1 Å². The standard InChI is InChI=1S/C10H14N2O8/c13-7(14)3-11-1-5(9(17)18)12(4-8(15)16)2-6(11)10(19)20/h5-6H,1-4H2,(H,13,14)(H,15,16)(H,17,18)(H,19,20)/t5-,6-/m1/s1. The lowest BCUT2D eigenvalue weighted by molar-refractivity contribution is -0.161. The Kier molecular flexibility index (Phi) is 5.00. The smallest absolute Gasteiger partial charge is 0.322 e. The van der Waals surface area contributed by atoms with Gasteiger partial charge in [0.15, 0.2) is 0 Å². The van der Waals surface area contributed by atoms with Gasteiger partial charge in [-0.3, -0.25) is 29.0 Å². The number of aliphatic carboxylic acids is 4. The van der Waals surface area contributed by atoms with E-state index in [2.05, 4.69) is 0 Å². The van der Waals surface area contributed by atoms with Crippen molar-refractivity contribution in [3.05, 3.63) is 0 Å². The van der Waals surface area contributed by atoms with Crippen LogP contribution in [0.5, 0.6) is 0 Å². The molecule has 1 saturated heterocycles. The Hall–Kier alpha value is -2.20. The Morgan fingerprint density at radius 2 is 1.05 bits per heavy atom. The minimum Gasteiger partial charge on any atom is -0.480 e. The van der Waals surface area contributed by atoms with Crippen molar-refractivity contribution < 1.29 is 39.6 Å².